The fourth-order valence-corrected chi connectivity index (χ4v) is 4.46. The van der Waals surface area contributed by atoms with E-state index in [9.17, 15) is 18.0 Å². The predicted octanol–water partition coefficient (Wildman–Crippen LogP) is 4.10. The first-order chi connectivity index (χ1) is 13.4. The van der Waals surface area contributed by atoms with Crippen LogP contribution in [0.5, 0.6) is 0 Å². The molecule has 1 saturated heterocycles. The second-order valence-corrected chi connectivity index (χ2v) is 7.75. The fourth-order valence-electron chi connectivity index (χ4n) is 3.35. The highest BCUT2D eigenvalue weighted by atomic mass is 32.1. The molecule has 3 aromatic rings. The van der Waals surface area contributed by atoms with Crippen LogP contribution in [0.1, 0.15) is 29.5 Å². The highest BCUT2D eigenvalue weighted by Gasteiger charge is 2.32. The third kappa shape index (κ3) is 4.11. The van der Waals surface area contributed by atoms with E-state index >= 15 is 0 Å². The number of carbonyl (C=O) groups is 1. The van der Waals surface area contributed by atoms with Crippen LogP contribution in [0, 0.1) is 0 Å². The van der Waals surface area contributed by atoms with Gasteiger partial charge >= 0.3 is 12.2 Å². The van der Waals surface area contributed by atoms with Crippen LogP contribution < -0.4 is 5.32 Å². The number of nitrogens with zero attached hydrogens (tertiary/aromatic N) is 4. The van der Waals surface area contributed by atoms with Gasteiger partial charge < -0.3 is 10.2 Å². The number of para-hydroxylation sites is 1. The van der Waals surface area contributed by atoms with Crippen molar-refractivity contribution in [3.63, 3.8) is 0 Å². The summed E-state index contributed by atoms with van der Waals surface area (Å²) in [6.07, 6.45) is 0.0324. The molecule has 1 atom stereocenters. The Morgan fingerprint density at radius 3 is 2.93 bits per heavy atom. The standard InChI is InChI=1S/C18H18F3N5OS/c19-18(20,21)11-25-10-12(9-23-25)8-22-17(27)26-7-3-5-14(26)16-24-13-4-1-2-6-15(13)28-16/h1-2,4,6,9-10,14H,3,5,7-8,11H2,(H,22,27). The van der Waals surface area contributed by atoms with Gasteiger partial charge in [-0.1, -0.05) is 12.1 Å². The Hall–Kier alpha value is -2.62. The fraction of sp³-hybridized carbons (Fsp3) is 0.389. The summed E-state index contributed by atoms with van der Waals surface area (Å²) in [7, 11) is 0. The minimum absolute atomic E-state index is 0.0784. The zero-order valence-corrected chi connectivity index (χ0v) is 15.6. The number of aromatic nitrogens is 3. The van der Waals surface area contributed by atoms with Gasteiger partial charge in [0.15, 0.2) is 0 Å². The zero-order valence-electron chi connectivity index (χ0n) is 14.8. The number of urea groups is 1. The number of alkyl halides is 3. The maximum atomic E-state index is 12.6. The van der Waals surface area contributed by atoms with E-state index in [1.54, 1.807) is 16.2 Å². The van der Waals surface area contributed by atoms with E-state index in [1.165, 1.54) is 12.4 Å². The number of hydrogen-bond donors (Lipinski definition) is 1. The first kappa shape index (κ1) is 18.7. The van der Waals surface area contributed by atoms with Crippen molar-refractivity contribution in [2.75, 3.05) is 6.54 Å². The quantitative estimate of drug-likeness (QED) is 0.706. The molecule has 4 rings (SSSR count). The minimum atomic E-state index is -4.33. The van der Waals surface area contributed by atoms with Crippen molar-refractivity contribution >= 4 is 27.6 Å². The van der Waals surface area contributed by atoms with Gasteiger partial charge in [-0.05, 0) is 25.0 Å². The number of rotatable bonds is 4. The summed E-state index contributed by atoms with van der Waals surface area (Å²) in [4.78, 5) is 19.0. The summed E-state index contributed by atoms with van der Waals surface area (Å²) < 4.78 is 39.1. The normalized spacial score (nSPS) is 17.4. The van der Waals surface area contributed by atoms with Crippen LogP contribution in [0.2, 0.25) is 0 Å². The Balaban J connectivity index is 1.40. The Labute approximate surface area is 163 Å². The number of nitrogens with one attached hydrogen (secondary N) is 1. The second-order valence-electron chi connectivity index (χ2n) is 6.69. The lowest BCUT2D eigenvalue weighted by molar-refractivity contribution is -0.142. The molecule has 0 spiro atoms. The third-order valence-corrected chi connectivity index (χ3v) is 5.72. The summed E-state index contributed by atoms with van der Waals surface area (Å²) >= 11 is 1.59. The summed E-state index contributed by atoms with van der Waals surface area (Å²) in [5.41, 5.74) is 1.44. The minimum Gasteiger partial charge on any atom is -0.334 e. The van der Waals surface area contributed by atoms with Crippen LogP contribution in [0.4, 0.5) is 18.0 Å². The van der Waals surface area contributed by atoms with E-state index in [0.29, 0.717) is 12.1 Å². The molecule has 1 aromatic carbocycles. The van der Waals surface area contributed by atoms with Crippen LogP contribution in [0.15, 0.2) is 36.7 Å². The van der Waals surface area contributed by atoms with E-state index in [-0.39, 0.29) is 18.6 Å². The smallest absolute Gasteiger partial charge is 0.334 e. The first-order valence-corrected chi connectivity index (χ1v) is 9.69. The molecule has 0 aliphatic carbocycles. The van der Waals surface area contributed by atoms with Gasteiger partial charge in [0.1, 0.15) is 11.6 Å². The average molecular weight is 409 g/mol. The summed E-state index contributed by atoms with van der Waals surface area (Å²) in [5, 5.41) is 7.38. The molecule has 1 N–H and O–H groups in total. The Morgan fingerprint density at radius 2 is 2.14 bits per heavy atom. The molecule has 0 saturated carbocycles. The number of thiazole rings is 1. The van der Waals surface area contributed by atoms with E-state index in [4.69, 9.17) is 0 Å². The number of amides is 2. The van der Waals surface area contributed by atoms with Gasteiger partial charge in [-0.25, -0.2) is 9.78 Å². The molecule has 3 heterocycles. The van der Waals surface area contributed by atoms with Crippen molar-refractivity contribution in [2.45, 2.75) is 38.1 Å². The van der Waals surface area contributed by atoms with Crippen molar-refractivity contribution in [3.8, 4) is 0 Å². The van der Waals surface area contributed by atoms with Gasteiger partial charge in [0, 0.05) is 24.8 Å². The highest BCUT2D eigenvalue weighted by Crippen LogP contribution is 2.36. The van der Waals surface area contributed by atoms with Crippen molar-refractivity contribution < 1.29 is 18.0 Å². The van der Waals surface area contributed by atoms with E-state index in [2.05, 4.69) is 15.4 Å². The summed E-state index contributed by atoms with van der Waals surface area (Å²) in [6.45, 7) is -0.397. The lowest BCUT2D eigenvalue weighted by Crippen LogP contribution is -2.39. The largest absolute Gasteiger partial charge is 0.408 e. The molecule has 148 valence electrons. The SMILES string of the molecule is O=C(NCc1cnn(CC(F)(F)F)c1)N1CCCC1c1nc2ccccc2s1. The van der Waals surface area contributed by atoms with Gasteiger partial charge in [0.25, 0.3) is 0 Å². The lowest BCUT2D eigenvalue weighted by Gasteiger charge is -2.23. The van der Waals surface area contributed by atoms with Crippen LogP contribution in [0.3, 0.4) is 0 Å². The van der Waals surface area contributed by atoms with Gasteiger partial charge in [-0.2, -0.15) is 18.3 Å². The van der Waals surface area contributed by atoms with Crippen LogP contribution in [-0.2, 0) is 13.1 Å². The first-order valence-electron chi connectivity index (χ1n) is 8.87. The molecule has 1 fully saturated rings. The molecular formula is C18H18F3N5OS. The molecule has 6 nitrogen and oxygen atoms in total. The maximum absolute atomic E-state index is 12.6. The van der Waals surface area contributed by atoms with Crippen molar-refractivity contribution in [2.24, 2.45) is 0 Å². The second kappa shape index (κ2) is 7.42. The Bertz CT molecular complexity index is 950. The Kier molecular flexibility index (Phi) is 4.96. The van der Waals surface area contributed by atoms with E-state index in [0.717, 1.165) is 32.7 Å². The predicted molar refractivity (Wildman–Crippen MR) is 98.8 cm³/mol. The zero-order chi connectivity index (χ0) is 19.7. The highest BCUT2D eigenvalue weighted by molar-refractivity contribution is 7.18. The number of carbonyl (C=O) groups excluding carboxylic acids is 1. The number of likely N-dealkylation sites (tertiary alicyclic amines) is 1. The molecule has 1 aliphatic rings. The van der Waals surface area contributed by atoms with Crippen molar-refractivity contribution in [1.82, 2.24) is 25.0 Å². The number of benzene rings is 1. The van der Waals surface area contributed by atoms with E-state index < -0.39 is 12.7 Å². The lowest BCUT2D eigenvalue weighted by atomic mass is 10.2. The van der Waals surface area contributed by atoms with Crippen LogP contribution in [-0.4, -0.2) is 38.4 Å². The molecule has 10 heteroatoms. The molecule has 2 amide bonds. The van der Waals surface area contributed by atoms with Gasteiger partial charge in [-0.15, -0.1) is 11.3 Å². The molecule has 1 aliphatic heterocycles. The molecule has 1 unspecified atom stereocenters. The molecule has 2 aromatic heterocycles. The third-order valence-electron chi connectivity index (χ3n) is 4.58. The topological polar surface area (TPSA) is 63.1 Å². The van der Waals surface area contributed by atoms with Crippen molar-refractivity contribution in [1.29, 1.82) is 0 Å². The summed E-state index contributed by atoms with van der Waals surface area (Å²) in [5.74, 6) is 0. The van der Waals surface area contributed by atoms with Gasteiger partial charge in [-0.3, -0.25) is 4.68 Å². The van der Waals surface area contributed by atoms with Gasteiger partial charge in [0.2, 0.25) is 0 Å². The average Bonchev–Trinajstić information content (AvgIpc) is 3.36. The van der Waals surface area contributed by atoms with Gasteiger partial charge in [0.05, 0.1) is 22.5 Å². The molecule has 0 radical (unpaired) electrons. The van der Waals surface area contributed by atoms with Crippen LogP contribution in [0.25, 0.3) is 10.2 Å². The molecule has 28 heavy (non-hydrogen) atoms. The van der Waals surface area contributed by atoms with Crippen LogP contribution >= 0.6 is 11.3 Å². The maximum Gasteiger partial charge on any atom is 0.408 e. The van der Waals surface area contributed by atoms with Crippen molar-refractivity contribution in [3.05, 3.63) is 47.2 Å². The summed E-state index contributed by atoms with van der Waals surface area (Å²) in [6, 6.07) is 7.53. The number of fused-ring (bicyclic) bond motifs is 1. The van der Waals surface area contributed by atoms with E-state index in [1.807, 2.05) is 24.3 Å². The number of halogens is 3. The Morgan fingerprint density at radius 1 is 1.32 bits per heavy atom. The molecule has 0 bridgehead atoms. The number of hydrogen-bond acceptors (Lipinski definition) is 4. The monoisotopic (exact) mass is 409 g/mol. The molecular weight excluding hydrogens is 391 g/mol.